The van der Waals surface area contributed by atoms with Gasteiger partial charge in [0.05, 0.1) is 35.9 Å². The number of alkyl halides is 6. The van der Waals surface area contributed by atoms with E-state index in [0.29, 0.717) is 6.42 Å². The van der Waals surface area contributed by atoms with Crippen LogP contribution in [0, 0.1) is 5.41 Å². The lowest BCUT2D eigenvalue weighted by Gasteiger charge is -2.61. The fraction of sp³-hybridized carbons (Fsp3) is 1.00. The molecule has 0 fully saturated rings. The van der Waals surface area contributed by atoms with Crippen molar-refractivity contribution < 1.29 is 24.8 Å². The second-order valence-electron chi connectivity index (χ2n) is 7.33. The van der Waals surface area contributed by atoms with Crippen molar-refractivity contribution in [2.45, 2.75) is 55.8 Å². The summed E-state index contributed by atoms with van der Waals surface area (Å²) in [6, 6.07) is 0. The monoisotopic (exact) mass is 566 g/mol. The number of hydrogen-bond donors (Lipinski definition) is 3. The van der Waals surface area contributed by atoms with Gasteiger partial charge in [-0.2, -0.15) is 0 Å². The molecule has 0 aromatic carbocycles. The fourth-order valence-corrected chi connectivity index (χ4v) is 6.14. The molecule has 0 radical (unpaired) electrons. The molecule has 0 aliphatic carbocycles. The van der Waals surface area contributed by atoms with Crippen LogP contribution in [0.3, 0.4) is 0 Å². The third-order valence-electron chi connectivity index (χ3n) is 5.96. The minimum Gasteiger partial charge on any atom is -0.396 e. The average molecular weight is 569 g/mol. The van der Waals surface area contributed by atoms with E-state index in [1.807, 2.05) is 0 Å². The fourth-order valence-electron chi connectivity index (χ4n) is 4.63. The topological polar surface area (TPSA) is 79.2 Å². The number of aliphatic hydroxyl groups is 3. The molecule has 0 bridgehead atoms. The molecule has 2 unspecified atom stereocenters. The maximum Gasteiger partial charge on any atom is 0.0836 e. The van der Waals surface area contributed by atoms with Gasteiger partial charge < -0.3 is 24.8 Å². The molecule has 0 aromatic heterocycles. The SMILES string of the molecule is OCCCOC(CCCl)(CCCl)C(CO)(C(O)CCCl)C(CCCl)(CCCl)OCCCl. The predicted octanol–water partition coefficient (Wildman–Crippen LogP) is 4.60. The van der Waals surface area contributed by atoms with Crippen molar-refractivity contribution in [3.8, 4) is 0 Å². The molecule has 0 aliphatic rings. The lowest BCUT2D eigenvalue weighted by molar-refractivity contribution is -0.287. The highest BCUT2D eigenvalue weighted by atomic mass is 35.5. The summed E-state index contributed by atoms with van der Waals surface area (Å²) < 4.78 is 12.7. The molecule has 0 spiro atoms. The molecular formula is C20H36Cl6O5. The Balaban J connectivity index is 7.06. The molecule has 2 atom stereocenters. The molecule has 3 N–H and O–H groups in total. The standard InChI is InChI=1S/C20H36Cl6O5/c21-7-2-17(29)20(16-28,19(5-10-24,6-11-25)31-15-12-26)18(3-8-22,4-9-23)30-14-1-13-27/h17,27-29H,1-16H2. The summed E-state index contributed by atoms with van der Waals surface area (Å²) in [6.07, 6.45) is 0.458. The highest BCUT2D eigenvalue weighted by Crippen LogP contribution is 2.56. The van der Waals surface area contributed by atoms with Crippen molar-refractivity contribution in [2.75, 3.05) is 61.7 Å². The first kappa shape index (κ1) is 32.5. The molecule has 0 saturated heterocycles. The van der Waals surface area contributed by atoms with Gasteiger partial charge in [0.15, 0.2) is 0 Å². The largest absolute Gasteiger partial charge is 0.396 e. The third-order valence-corrected chi connectivity index (χ3v) is 7.08. The minimum atomic E-state index is -1.41. The number of hydrogen-bond acceptors (Lipinski definition) is 5. The zero-order chi connectivity index (χ0) is 23.8. The van der Waals surface area contributed by atoms with E-state index in [9.17, 15) is 15.3 Å². The second-order valence-corrected chi connectivity index (χ2v) is 9.60. The van der Waals surface area contributed by atoms with Gasteiger partial charge in [0, 0.05) is 48.5 Å². The first-order valence-corrected chi connectivity index (χ1v) is 13.7. The lowest BCUT2D eigenvalue weighted by atomic mass is 9.54. The number of aliphatic hydroxyl groups excluding tert-OH is 3. The maximum absolute atomic E-state index is 11.5. The Labute approximate surface area is 216 Å². The van der Waals surface area contributed by atoms with E-state index in [4.69, 9.17) is 79.1 Å². The third kappa shape index (κ3) is 8.03. The second kappa shape index (κ2) is 17.9. The van der Waals surface area contributed by atoms with Gasteiger partial charge in [0.25, 0.3) is 0 Å². The van der Waals surface area contributed by atoms with Crippen molar-refractivity contribution >= 4 is 69.6 Å². The van der Waals surface area contributed by atoms with E-state index in [2.05, 4.69) is 0 Å². The van der Waals surface area contributed by atoms with Crippen molar-refractivity contribution in [3.05, 3.63) is 0 Å². The highest BCUT2D eigenvalue weighted by molar-refractivity contribution is 6.19. The summed E-state index contributed by atoms with van der Waals surface area (Å²) in [5, 5.41) is 31.8. The van der Waals surface area contributed by atoms with E-state index in [1.165, 1.54) is 0 Å². The Hall–Kier alpha value is 1.54. The summed E-state index contributed by atoms with van der Waals surface area (Å²) in [7, 11) is 0. The van der Waals surface area contributed by atoms with E-state index in [-0.39, 0.29) is 87.2 Å². The van der Waals surface area contributed by atoms with Gasteiger partial charge in [0.2, 0.25) is 0 Å². The first-order chi connectivity index (χ1) is 14.9. The molecule has 31 heavy (non-hydrogen) atoms. The van der Waals surface area contributed by atoms with E-state index in [1.54, 1.807) is 0 Å². The molecular weight excluding hydrogens is 533 g/mol. The van der Waals surface area contributed by atoms with Crippen molar-refractivity contribution in [2.24, 2.45) is 5.41 Å². The summed E-state index contributed by atoms with van der Waals surface area (Å²) >= 11 is 36.8. The van der Waals surface area contributed by atoms with Gasteiger partial charge in [0.1, 0.15) is 0 Å². The van der Waals surface area contributed by atoms with Gasteiger partial charge in [-0.15, -0.1) is 69.6 Å². The van der Waals surface area contributed by atoms with Crippen LogP contribution in [-0.4, -0.2) is 94.3 Å². The van der Waals surface area contributed by atoms with E-state index < -0.39 is 29.3 Å². The summed E-state index contributed by atoms with van der Waals surface area (Å²) in [5.74, 6) is 1.07. The molecule has 0 heterocycles. The summed E-state index contributed by atoms with van der Waals surface area (Å²) in [6.45, 7) is -0.258. The van der Waals surface area contributed by atoms with Crippen LogP contribution in [0.5, 0.6) is 0 Å². The van der Waals surface area contributed by atoms with Gasteiger partial charge in [-0.1, -0.05) is 0 Å². The van der Waals surface area contributed by atoms with Crippen LogP contribution in [-0.2, 0) is 9.47 Å². The van der Waals surface area contributed by atoms with Crippen LogP contribution >= 0.6 is 69.6 Å². The molecule has 0 aromatic rings. The molecule has 0 amide bonds. The van der Waals surface area contributed by atoms with Crippen LogP contribution in [0.25, 0.3) is 0 Å². The van der Waals surface area contributed by atoms with Crippen LogP contribution in [0.15, 0.2) is 0 Å². The minimum absolute atomic E-state index is 0.0779. The Bertz CT molecular complexity index is 436. The smallest absolute Gasteiger partial charge is 0.0836 e. The number of halogens is 6. The molecule has 5 nitrogen and oxygen atoms in total. The van der Waals surface area contributed by atoms with Gasteiger partial charge >= 0.3 is 0 Å². The number of rotatable bonds is 21. The Morgan fingerprint density at radius 1 is 0.645 bits per heavy atom. The molecule has 11 heteroatoms. The summed E-state index contributed by atoms with van der Waals surface area (Å²) in [4.78, 5) is 0. The highest BCUT2D eigenvalue weighted by Gasteiger charge is 2.66. The maximum atomic E-state index is 11.5. The zero-order valence-electron chi connectivity index (χ0n) is 17.8. The van der Waals surface area contributed by atoms with Crippen molar-refractivity contribution in [1.82, 2.24) is 0 Å². The van der Waals surface area contributed by atoms with Crippen LogP contribution < -0.4 is 0 Å². The van der Waals surface area contributed by atoms with Crippen LogP contribution in [0.2, 0.25) is 0 Å². The Kier molecular flexibility index (Phi) is 18.8. The van der Waals surface area contributed by atoms with Crippen LogP contribution in [0.1, 0.15) is 38.5 Å². The van der Waals surface area contributed by atoms with E-state index in [0.717, 1.165) is 0 Å². The number of ether oxygens (including phenoxy) is 2. The first-order valence-electron chi connectivity index (χ1n) is 10.4. The zero-order valence-corrected chi connectivity index (χ0v) is 22.4. The Morgan fingerprint density at radius 3 is 1.42 bits per heavy atom. The molecule has 188 valence electrons. The molecule has 0 rings (SSSR count). The average Bonchev–Trinajstić information content (AvgIpc) is 2.74. The molecule has 0 aliphatic heterocycles. The normalized spacial score (nSPS) is 15.8. The van der Waals surface area contributed by atoms with Crippen LogP contribution in [0.4, 0.5) is 0 Å². The lowest BCUT2D eigenvalue weighted by Crippen LogP contribution is -2.71. The van der Waals surface area contributed by atoms with Gasteiger partial charge in [-0.3, -0.25) is 0 Å². The van der Waals surface area contributed by atoms with Crippen molar-refractivity contribution in [3.63, 3.8) is 0 Å². The summed E-state index contributed by atoms with van der Waals surface area (Å²) in [5.41, 5.74) is -3.80. The quantitative estimate of drug-likeness (QED) is 0.139. The molecule has 0 saturated carbocycles. The van der Waals surface area contributed by atoms with E-state index >= 15 is 0 Å². The van der Waals surface area contributed by atoms with Crippen molar-refractivity contribution in [1.29, 1.82) is 0 Å². The predicted molar refractivity (Wildman–Crippen MR) is 132 cm³/mol. The Morgan fingerprint density at radius 2 is 1.10 bits per heavy atom. The van der Waals surface area contributed by atoms with Gasteiger partial charge in [-0.05, 0) is 38.5 Å². The van der Waals surface area contributed by atoms with Gasteiger partial charge in [-0.25, -0.2) is 0 Å².